The minimum atomic E-state index is 0.728. The van der Waals surface area contributed by atoms with Gasteiger partial charge in [-0.05, 0) is 83.2 Å². The second-order valence-corrected chi connectivity index (χ2v) is 7.02. The number of ether oxygens (including phenoxy) is 2. The fourth-order valence-electron chi connectivity index (χ4n) is 3.15. The van der Waals surface area contributed by atoms with Crippen LogP contribution in [0.3, 0.4) is 0 Å². The van der Waals surface area contributed by atoms with Crippen LogP contribution in [0.2, 0.25) is 0 Å². The van der Waals surface area contributed by atoms with Crippen LogP contribution in [-0.4, -0.2) is 45.4 Å². The van der Waals surface area contributed by atoms with Gasteiger partial charge >= 0.3 is 0 Å². The first-order valence-corrected chi connectivity index (χ1v) is 10.2. The Hall–Kier alpha value is -2.37. The smallest absolute Gasteiger partial charge is 0.121 e. The molecule has 0 saturated heterocycles. The van der Waals surface area contributed by atoms with Crippen molar-refractivity contribution in [1.82, 2.24) is 15.6 Å². The standard InChI is InChI=1S/C23H31N3O2/c1-24-11-3-5-13-27-20-9-7-18-15-19-8-10-21(28-14-6-4-12-25-2)17-23(19)26-22(18)16-20/h7-10,15-17,24-25H,3-6,11-14H2,1-2H3. The first-order valence-electron chi connectivity index (χ1n) is 10.2. The zero-order valence-corrected chi connectivity index (χ0v) is 17.0. The lowest BCUT2D eigenvalue weighted by Crippen LogP contribution is -2.09. The zero-order valence-electron chi connectivity index (χ0n) is 17.0. The first-order chi connectivity index (χ1) is 13.8. The van der Waals surface area contributed by atoms with Gasteiger partial charge in [-0.25, -0.2) is 4.98 Å². The van der Waals surface area contributed by atoms with Crippen LogP contribution in [-0.2, 0) is 0 Å². The van der Waals surface area contributed by atoms with Gasteiger partial charge in [-0.1, -0.05) is 0 Å². The van der Waals surface area contributed by atoms with Gasteiger partial charge in [0.25, 0.3) is 0 Å². The number of nitrogens with one attached hydrogen (secondary N) is 2. The van der Waals surface area contributed by atoms with Crippen molar-refractivity contribution < 1.29 is 9.47 Å². The van der Waals surface area contributed by atoms with E-state index in [1.807, 2.05) is 38.4 Å². The Morgan fingerprint density at radius 1 is 0.679 bits per heavy atom. The van der Waals surface area contributed by atoms with Crippen LogP contribution in [0.15, 0.2) is 42.5 Å². The Balaban J connectivity index is 1.67. The quantitative estimate of drug-likeness (QED) is 0.365. The van der Waals surface area contributed by atoms with Crippen molar-refractivity contribution in [3.05, 3.63) is 42.5 Å². The van der Waals surface area contributed by atoms with Crippen LogP contribution >= 0.6 is 0 Å². The van der Waals surface area contributed by atoms with Crippen molar-refractivity contribution >= 4 is 21.8 Å². The molecule has 5 heteroatoms. The highest BCUT2D eigenvalue weighted by molar-refractivity contribution is 5.93. The van der Waals surface area contributed by atoms with Crippen molar-refractivity contribution in [2.45, 2.75) is 25.7 Å². The molecule has 5 nitrogen and oxygen atoms in total. The number of rotatable bonds is 12. The second kappa shape index (κ2) is 10.8. The average molecular weight is 382 g/mol. The molecule has 0 aliphatic carbocycles. The molecule has 28 heavy (non-hydrogen) atoms. The largest absolute Gasteiger partial charge is 0.494 e. The van der Waals surface area contributed by atoms with Crippen LogP contribution in [0.5, 0.6) is 11.5 Å². The second-order valence-electron chi connectivity index (χ2n) is 7.02. The van der Waals surface area contributed by atoms with Crippen molar-refractivity contribution in [3.8, 4) is 11.5 Å². The summed E-state index contributed by atoms with van der Waals surface area (Å²) in [4.78, 5) is 4.83. The molecule has 1 heterocycles. The van der Waals surface area contributed by atoms with Gasteiger partial charge in [0.15, 0.2) is 0 Å². The number of nitrogens with zero attached hydrogens (tertiary/aromatic N) is 1. The minimum Gasteiger partial charge on any atom is -0.494 e. The van der Waals surface area contributed by atoms with E-state index < -0.39 is 0 Å². The van der Waals surface area contributed by atoms with E-state index in [1.165, 1.54) is 0 Å². The van der Waals surface area contributed by atoms with Gasteiger partial charge in [0.05, 0.1) is 24.2 Å². The average Bonchev–Trinajstić information content (AvgIpc) is 2.72. The third-order valence-electron chi connectivity index (χ3n) is 4.74. The third kappa shape index (κ3) is 5.81. The molecule has 0 bridgehead atoms. The number of unbranched alkanes of at least 4 members (excludes halogenated alkanes) is 2. The molecule has 0 saturated carbocycles. The molecule has 0 aliphatic rings. The maximum atomic E-state index is 5.88. The van der Waals surface area contributed by atoms with Crippen LogP contribution in [0.1, 0.15) is 25.7 Å². The fraction of sp³-hybridized carbons (Fsp3) is 0.435. The van der Waals surface area contributed by atoms with Crippen LogP contribution in [0.25, 0.3) is 21.8 Å². The van der Waals surface area contributed by atoms with Crippen LogP contribution in [0.4, 0.5) is 0 Å². The number of aromatic nitrogens is 1. The summed E-state index contributed by atoms with van der Waals surface area (Å²) in [5.74, 6) is 1.75. The van der Waals surface area contributed by atoms with E-state index in [0.717, 1.165) is 85.3 Å². The Labute approximate surface area is 167 Å². The van der Waals surface area contributed by atoms with Crippen molar-refractivity contribution in [2.24, 2.45) is 0 Å². The van der Waals surface area contributed by atoms with Gasteiger partial charge in [-0.3, -0.25) is 0 Å². The molecule has 0 atom stereocenters. The molecule has 0 aliphatic heterocycles. The lowest BCUT2D eigenvalue weighted by atomic mass is 10.1. The highest BCUT2D eigenvalue weighted by Gasteiger charge is 2.04. The minimum absolute atomic E-state index is 0.728. The van der Waals surface area contributed by atoms with E-state index in [4.69, 9.17) is 14.5 Å². The SMILES string of the molecule is CNCCCCOc1ccc2cc3ccc(OCCCCNC)cc3nc2c1. The predicted molar refractivity (Wildman–Crippen MR) is 117 cm³/mol. The van der Waals surface area contributed by atoms with E-state index >= 15 is 0 Å². The monoisotopic (exact) mass is 381 g/mol. The number of fused-ring (bicyclic) bond motifs is 2. The molecule has 3 rings (SSSR count). The van der Waals surface area contributed by atoms with Gasteiger partial charge in [0, 0.05) is 22.9 Å². The van der Waals surface area contributed by atoms with Crippen molar-refractivity contribution in [1.29, 1.82) is 0 Å². The molecule has 0 spiro atoms. The Morgan fingerprint density at radius 2 is 1.18 bits per heavy atom. The number of hydrogen-bond donors (Lipinski definition) is 2. The van der Waals surface area contributed by atoms with Gasteiger partial charge in [-0.15, -0.1) is 0 Å². The summed E-state index contributed by atoms with van der Waals surface area (Å²) in [6, 6.07) is 14.4. The van der Waals surface area contributed by atoms with Gasteiger partial charge in [-0.2, -0.15) is 0 Å². The lowest BCUT2D eigenvalue weighted by molar-refractivity contribution is 0.307. The molecule has 0 fully saturated rings. The highest BCUT2D eigenvalue weighted by Crippen LogP contribution is 2.26. The topological polar surface area (TPSA) is 55.4 Å². The Morgan fingerprint density at radius 3 is 1.64 bits per heavy atom. The zero-order chi connectivity index (χ0) is 19.6. The molecule has 0 amide bonds. The number of benzene rings is 2. The van der Waals surface area contributed by atoms with E-state index in [-0.39, 0.29) is 0 Å². The van der Waals surface area contributed by atoms with Crippen molar-refractivity contribution in [2.75, 3.05) is 40.4 Å². The summed E-state index contributed by atoms with van der Waals surface area (Å²) in [5, 5.41) is 8.55. The summed E-state index contributed by atoms with van der Waals surface area (Å²) in [5.41, 5.74) is 1.90. The summed E-state index contributed by atoms with van der Waals surface area (Å²) in [6.07, 6.45) is 4.31. The molecule has 3 aromatic rings. The Kier molecular flexibility index (Phi) is 7.88. The van der Waals surface area contributed by atoms with Gasteiger partial charge in [0.1, 0.15) is 11.5 Å². The third-order valence-corrected chi connectivity index (χ3v) is 4.74. The first kappa shape index (κ1) is 20.4. The van der Waals surface area contributed by atoms with E-state index in [1.54, 1.807) is 0 Å². The van der Waals surface area contributed by atoms with Crippen molar-refractivity contribution in [3.63, 3.8) is 0 Å². The fourth-order valence-corrected chi connectivity index (χ4v) is 3.15. The van der Waals surface area contributed by atoms with E-state index in [0.29, 0.717) is 0 Å². The lowest BCUT2D eigenvalue weighted by Gasteiger charge is -2.09. The molecule has 2 aromatic carbocycles. The predicted octanol–water partition coefficient (Wildman–Crippen LogP) is 4.14. The molecule has 2 N–H and O–H groups in total. The van der Waals surface area contributed by atoms with Gasteiger partial charge < -0.3 is 20.1 Å². The van der Waals surface area contributed by atoms with E-state index in [2.05, 4.69) is 28.8 Å². The molecule has 1 aromatic heterocycles. The van der Waals surface area contributed by atoms with Gasteiger partial charge in [0.2, 0.25) is 0 Å². The van der Waals surface area contributed by atoms with Crippen LogP contribution in [0, 0.1) is 0 Å². The summed E-state index contributed by atoms with van der Waals surface area (Å²) in [6.45, 7) is 3.50. The van der Waals surface area contributed by atoms with Crippen LogP contribution < -0.4 is 20.1 Å². The summed E-state index contributed by atoms with van der Waals surface area (Å²) < 4.78 is 11.8. The summed E-state index contributed by atoms with van der Waals surface area (Å²) >= 11 is 0. The maximum absolute atomic E-state index is 5.88. The number of pyridine rings is 1. The Bertz CT molecular complexity index is 813. The molecular formula is C23H31N3O2. The molecule has 150 valence electrons. The summed E-state index contributed by atoms with van der Waals surface area (Å²) in [7, 11) is 3.95. The molecular weight excluding hydrogens is 350 g/mol. The highest BCUT2D eigenvalue weighted by atomic mass is 16.5. The molecule has 0 unspecified atom stereocenters. The van der Waals surface area contributed by atoms with E-state index in [9.17, 15) is 0 Å². The molecule has 0 radical (unpaired) electrons. The maximum Gasteiger partial charge on any atom is 0.121 e. The number of hydrogen-bond acceptors (Lipinski definition) is 5. The normalized spacial score (nSPS) is 11.2.